The van der Waals surface area contributed by atoms with Crippen LogP contribution in [0.1, 0.15) is 18.1 Å². The van der Waals surface area contributed by atoms with Crippen molar-refractivity contribution in [1.82, 2.24) is 0 Å². The predicted molar refractivity (Wildman–Crippen MR) is 98.5 cm³/mol. The van der Waals surface area contributed by atoms with E-state index < -0.39 is 18.0 Å². The van der Waals surface area contributed by atoms with E-state index in [4.69, 9.17) is 10.00 Å². The van der Waals surface area contributed by atoms with Gasteiger partial charge in [-0.1, -0.05) is 28.1 Å². The standard InChI is InChI=1S/C19H15BrN2O3/c1-13(19(24)22-17-9-7-16(20)8-10-17)25-18(23)11-6-14-2-4-15(12-21)5-3-14/h2-11,13H,1H3,(H,22,24)/b11-6+/t13-/m1/s1. The van der Waals surface area contributed by atoms with Crippen LogP contribution >= 0.6 is 15.9 Å². The molecule has 25 heavy (non-hydrogen) atoms. The van der Waals surface area contributed by atoms with Gasteiger partial charge >= 0.3 is 5.97 Å². The van der Waals surface area contributed by atoms with Gasteiger partial charge in [-0.3, -0.25) is 4.79 Å². The summed E-state index contributed by atoms with van der Waals surface area (Å²) in [4.78, 5) is 23.8. The van der Waals surface area contributed by atoms with Crippen molar-refractivity contribution in [1.29, 1.82) is 5.26 Å². The van der Waals surface area contributed by atoms with Gasteiger partial charge in [0.15, 0.2) is 6.10 Å². The van der Waals surface area contributed by atoms with Gasteiger partial charge in [-0.25, -0.2) is 4.79 Å². The van der Waals surface area contributed by atoms with E-state index in [2.05, 4.69) is 21.2 Å². The Hall–Kier alpha value is -2.91. The van der Waals surface area contributed by atoms with Gasteiger partial charge in [-0.2, -0.15) is 5.26 Å². The van der Waals surface area contributed by atoms with Crippen LogP contribution in [-0.2, 0) is 14.3 Å². The Bertz CT molecular complexity index is 821. The summed E-state index contributed by atoms with van der Waals surface area (Å²) in [5.41, 5.74) is 1.91. The highest BCUT2D eigenvalue weighted by Crippen LogP contribution is 2.14. The molecule has 0 aliphatic rings. The lowest BCUT2D eigenvalue weighted by Crippen LogP contribution is -2.29. The van der Waals surface area contributed by atoms with Gasteiger partial charge in [-0.15, -0.1) is 0 Å². The molecule has 0 fully saturated rings. The molecule has 2 aromatic carbocycles. The normalized spacial score (nSPS) is 11.6. The maximum Gasteiger partial charge on any atom is 0.331 e. The van der Waals surface area contributed by atoms with Crippen LogP contribution in [0.25, 0.3) is 6.08 Å². The number of nitrogens with one attached hydrogen (secondary N) is 1. The zero-order valence-electron chi connectivity index (χ0n) is 13.4. The number of ether oxygens (including phenoxy) is 1. The van der Waals surface area contributed by atoms with Crippen LogP contribution in [0.15, 0.2) is 59.1 Å². The van der Waals surface area contributed by atoms with Crippen molar-refractivity contribution in [3.63, 3.8) is 0 Å². The van der Waals surface area contributed by atoms with E-state index in [1.165, 1.54) is 13.0 Å². The summed E-state index contributed by atoms with van der Waals surface area (Å²) < 4.78 is 5.98. The number of nitrogens with zero attached hydrogens (tertiary/aromatic N) is 1. The van der Waals surface area contributed by atoms with Crippen LogP contribution in [-0.4, -0.2) is 18.0 Å². The second-order valence-electron chi connectivity index (χ2n) is 5.14. The van der Waals surface area contributed by atoms with Gasteiger partial charge < -0.3 is 10.1 Å². The lowest BCUT2D eigenvalue weighted by Gasteiger charge is -2.12. The largest absolute Gasteiger partial charge is 0.449 e. The number of anilines is 1. The SMILES string of the molecule is C[C@@H](OC(=O)/C=C/c1ccc(C#N)cc1)C(=O)Nc1ccc(Br)cc1. The third-order valence-electron chi connectivity index (χ3n) is 3.23. The molecule has 1 N–H and O–H groups in total. The lowest BCUT2D eigenvalue weighted by molar-refractivity contribution is -0.148. The molecule has 0 bridgehead atoms. The molecule has 1 amide bonds. The summed E-state index contributed by atoms with van der Waals surface area (Å²) in [5, 5.41) is 11.4. The summed E-state index contributed by atoms with van der Waals surface area (Å²) in [6.45, 7) is 1.50. The van der Waals surface area contributed by atoms with E-state index in [1.807, 2.05) is 6.07 Å². The van der Waals surface area contributed by atoms with E-state index in [0.717, 1.165) is 10.0 Å². The van der Waals surface area contributed by atoms with E-state index >= 15 is 0 Å². The van der Waals surface area contributed by atoms with Crippen LogP contribution in [0.5, 0.6) is 0 Å². The number of halogens is 1. The zero-order chi connectivity index (χ0) is 18.2. The quantitative estimate of drug-likeness (QED) is 0.611. The predicted octanol–water partition coefficient (Wildman–Crippen LogP) is 3.90. The van der Waals surface area contributed by atoms with Gasteiger partial charge in [-0.05, 0) is 55.0 Å². The summed E-state index contributed by atoms with van der Waals surface area (Å²) in [6, 6.07) is 15.8. The summed E-state index contributed by atoms with van der Waals surface area (Å²) in [6.07, 6.45) is 1.87. The fourth-order valence-electron chi connectivity index (χ4n) is 1.88. The number of carbonyl (C=O) groups is 2. The van der Waals surface area contributed by atoms with Crippen LogP contribution in [0.2, 0.25) is 0 Å². The molecule has 6 heteroatoms. The number of esters is 1. The topological polar surface area (TPSA) is 79.2 Å². The molecular weight excluding hydrogens is 384 g/mol. The Morgan fingerprint density at radius 3 is 2.40 bits per heavy atom. The highest BCUT2D eigenvalue weighted by atomic mass is 79.9. The number of carbonyl (C=O) groups excluding carboxylic acids is 2. The van der Waals surface area contributed by atoms with Crippen molar-refractivity contribution in [2.45, 2.75) is 13.0 Å². The monoisotopic (exact) mass is 398 g/mol. The number of hydrogen-bond acceptors (Lipinski definition) is 4. The molecule has 0 unspecified atom stereocenters. The Balaban J connectivity index is 1.87. The molecule has 0 aliphatic heterocycles. The van der Waals surface area contributed by atoms with E-state index in [-0.39, 0.29) is 0 Å². The van der Waals surface area contributed by atoms with Crippen molar-refractivity contribution in [3.05, 3.63) is 70.2 Å². The third kappa shape index (κ3) is 5.90. The molecule has 0 saturated heterocycles. The minimum atomic E-state index is -0.929. The Kier molecular flexibility index (Phi) is 6.49. The fraction of sp³-hybridized carbons (Fsp3) is 0.105. The van der Waals surface area contributed by atoms with Gasteiger partial charge in [0.25, 0.3) is 5.91 Å². The van der Waals surface area contributed by atoms with Crippen LogP contribution < -0.4 is 5.32 Å². The molecule has 2 aromatic rings. The van der Waals surface area contributed by atoms with Crippen LogP contribution in [0, 0.1) is 11.3 Å². The molecule has 2 rings (SSSR count). The molecule has 0 radical (unpaired) electrons. The van der Waals surface area contributed by atoms with Crippen molar-refractivity contribution < 1.29 is 14.3 Å². The summed E-state index contributed by atoms with van der Waals surface area (Å²) in [7, 11) is 0. The number of amides is 1. The molecule has 0 heterocycles. The molecule has 126 valence electrons. The van der Waals surface area contributed by atoms with Crippen molar-refractivity contribution in [2.75, 3.05) is 5.32 Å². The molecule has 0 spiro atoms. The Labute approximate surface area is 154 Å². The average Bonchev–Trinajstić information content (AvgIpc) is 2.62. The number of hydrogen-bond donors (Lipinski definition) is 1. The van der Waals surface area contributed by atoms with Crippen LogP contribution in [0.4, 0.5) is 5.69 Å². The molecule has 1 atom stereocenters. The minimum absolute atomic E-state index is 0.414. The number of benzene rings is 2. The van der Waals surface area contributed by atoms with Crippen molar-refractivity contribution in [2.24, 2.45) is 0 Å². The lowest BCUT2D eigenvalue weighted by atomic mass is 10.1. The summed E-state index contributed by atoms with van der Waals surface area (Å²) in [5.74, 6) is -1.04. The fourth-order valence-corrected chi connectivity index (χ4v) is 2.14. The minimum Gasteiger partial charge on any atom is -0.449 e. The molecule has 0 saturated carbocycles. The highest BCUT2D eigenvalue weighted by Gasteiger charge is 2.16. The molecule has 5 nitrogen and oxygen atoms in total. The number of rotatable bonds is 5. The van der Waals surface area contributed by atoms with E-state index in [0.29, 0.717) is 11.3 Å². The first-order chi connectivity index (χ1) is 12.0. The zero-order valence-corrected chi connectivity index (χ0v) is 15.0. The number of nitriles is 1. The van der Waals surface area contributed by atoms with Crippen molar-refractivity contribution >= 4 is 39.6 Å². The Morgan fingerprint density at radius 2 is 1.80 bits per heavy atom. The first kappa shape index (κ1) is 18.4. The summed E-state index contributed by atoms with van der Waals surface area (Å²) >= 11 is 3.31. The Morgan fingerprint density at radius 1 is 1.16 bits per heavy atom. The smallest absolute Gasteiger partial charge is 0.331 e. The van der Waals surface area contributed by atoms with E-state index in [9.17, 15) is 9.59 Å². The van der Waals surface area contributed by atoms with Crippen LogP contribution in [0.3, 0.4) is 0 Å². The van der Waals surface area contributed by atoms with Gasteiger partial charge in [0.1, 0.15) is 0 Å². The second-order valence-corrected chi connectivity index (χ2v) is 6.06. The highest BCUT2D eigenvalue weighted by molar-refractivity contribution is 9.10. The van der Waals surface area contributed by atoms with Gasteiger partial charge in [0.05, 0.1) is 11.6 Å². The molecule has 0 aliphatic carbocycles. The third-order valence-corrected chi connectivity index (χ3v) is 3.75. The maximum atomic E-state index is 12.0. The van der Waals surface area contributed by atoms with Gasteiger partial charge in [0, 0.05) is 16.2 Å². The van der Waals surface area contributed by atoms with Gasteiger partial charge in [0.2, 0.25) is 0 Å². The maximum absolute atomic E-state index is 12.0. The first-order valence-corrected chi connectivity index (χ1v) is 8.22. The second kappa shape index (κ2) is 8.81. The molecular formula is C19H15BrN2O3. The first-order valence-electron chi connectivity index (χ1n) is 7.43. The average molecular weight is 399 g/mol. The molecule has 0 aromatic heterocycles. The van der Waals surface area contributed by atoms with Crippen molar-refractivity contribution in [3.8, 4) is 6.07 Å². The van der Waals surface area contributed by atoms with E-state index in [1.54, 1.807) is 54.6 Å².